The summed E-state index contributed by atoms with van der Waals surface area (Å²) in [5.41, 5.74) is 5.33. The van der Waals surface area contributed by atoms with E-state index in [1.165, 1.54) is 22.3 Å². The fourth-order valence-corrected chi connectivity index (χ4v) is 3.94. The topological polar surface area (TPSA) is 41.6 Å². The lowest BCUT2D eigenvalue weighted by molar-refractivity contribution is -0.132. The lowest BCUT2D eigenvalue weighted by Gasteiger charge is -2.29. The Morgan fingerprint density at radius 1 is 1.04 bits per heavy atom. The molecule has 2 aromatic rings. The second-order valence-electron chi connectivity index (χ2n) is 7.10. The summed E-state index contributed by atoms with van der Waals surface area (Å²) < 4.78 is 5.91. The monoisotopic (exact) mass is 350 g/mol. The van der Waals surface area contributed by atoms with E-state index in [0.717, 1.165) is 39.1 Å². The second kappa shape index (κ2) is 8.02. The van der Waals surface area contributed by atoms with Gasteiger partial charge in [-0.3, -0.25) is 4.79 Å². The summed E-state index contributed by atoms with van der Waals surface area (Å²) in [6.45, 7) is 3.80. The van der Waals surface area contributed by atoms with Crippen LogP contribution in [0.25, 0.3) is 0 Å². The van der Waals surface area contributed by atoms with Gasteiger partial charge in [-0.2, -0.15) is 0 Å². The molecule has 2 heterocycles. The third kappa shape index (κ3) is 3.81. The first-order valence-corrected chi connectivity index (χ1v) is 9.56. The molecule has 0 aromatic heterocycles. The maximum Gasteiger partial charge on any atom is 0.224 e. The molecule has 1 amide bonds. The van der Waals surface area contributed by atoms with Crippen LogP contribution in [0.1, 0.15) is 34.8 Å². The summed E-state index contributed by atoms with van der Waals surface area (Å²) in [5, 5.41) is 3.41. The molecular weight excluding hydrogens is 324 g/mol. The van der Waals surface area contributed by atoms with Gasteiger partial charge >= 0.3 is 0 Å². The molecule has 0 bridgehead atoms. The van der Waals surface area contributed by atoms with E-state index < -0.39 is 0 Å². The Morgan fingerprint density at radius 2 is 1.81 bits per heavy atom. The molecule has 4 rings (SSSR count). The van der Waals surface area contributed by atoms with Gasteiger partial charge in [-0.15, -0.1) is 0 Å². The van der Waals surface area contributed by atoms with E-state index in [0.29, 0.717) is 13.0 Å². The Morgan fingerprint density at radius 3 is 2.69 bits per heavy atom. The second-order valence-corrected chi connectivity index (χ2v) is 7.10. The van der Waals surface area contributed by atoms with Gasteiger partial charge in [0.25, 0.3) is 0 Å². The first-order valence-electron chi connectivity index (χ1n) is 9.56. The van der Waals surface area contributed by atoms with E-state index in [2.05, 4.69) is 53.8 Å². The van der Waals surface area contributed by atoms with Gasteiger partial charge < -0.3 is 15.0 Å². The van der Waals surface area contributed by atoms with Gasteiger partial charge in [0, 0.05) is 32.6 Å². The number of ether oxygens (including phenoxy) is 1. The van der Waals surface area contributed by atoms with Gasteiger partial charge in [0.1, 0.15) is 0 Å². The number of carbonyl (C=O) groups is 1. The van der Waals surface area contributed by atoms with Gasteiger partial charge in [0.2, 0.25) is 5.91 Å². The molecule has 4 nitrogen and oxygen atoms in total. The molecule has 0 saturated carbocycles. The van der Waals surface area contributed by atoms with Crippen molar-refractivity contribution < 1.29 is 9.53 Å². The number of carbonyl (C=O) groups excluding carboxylic acids is 1. The fourth-order valence-electron chi connectivity index (χ4n) is 3.94. The van der Waals surface area contributed by atoms with E-state index >= 15 is 0 Å². The quantitative estimate of drug-likeness (QED) is 0.843. The molecule has 2 aliphatic heterocycles. The Hall–Kier alpha value is -2.17. The lowest BCUT2D eigenvalue weighted by atomic mass is 9.97. The van der Waals surface area contributed by atoms with Gasteiger partial charge in [-0.25, -0.2) is 0 Å². The lowest BCUT2D eigenvalue weighted by Crippen LogP contribution is -2.38. The molecular formula is C22H26N2O2. The van der Waals surface area contributed by atoms with Crippen molar-refractivity contribution in [1.29, 1.82) is 0 Å². The number of hydrogen-bond acceptors (Lipinski definition) is 3. The summed E-state index contributed by atoms with van der Waals surface area (Å²) in [6, 6.07) is 16.9. The van der Waals surface area contributed by atoms with Crippen LogP contribution >= 0.6 is 0 Å². The molecule has 1 atom stereocenters. The summed E-state index contributed by atoms with van der Waals surface area (Å²) in [5.74, 6) is 0.233. The first-order chi connectivity index (χ1) is 12.8. The van der Waals surface area contributed by atoms with Crippen LogP contribution in [0.15, 0.2) is 48.5 Å². The van der Waals surface area contributed by atoms with Gasteiger partial charge in [-0.1, -0.05) is 48.5 Å². The Kier molecular flexibility index (Phi) is 5.32. The van der Waals surface area contributed by atoms with Crippen molar-refractivity contribution in [3.05, 3.63) is 70.8 Å². The average molecular weight is 350 g/mol. The molecule has 136 valence electrons. The minimum absolute atomic E-state index is 0.0944. The molecule has 0 saturated heterocycles. The molecule has 1 N–H and O–H groups in total. The minimum Gasteiger partial charge on any atom is -0.372 e. The van der Waals surface area contributed by atoms with Crippen LogP contribution in [-0.4, -0.2) is 37.0 Å². The smallest absolute Gasteiger partial charge is 0.224 e. The molecule has 2 aromatic carbocycles. The normalized spacial score (nSPS) is 18.9. The standard InChI is InChI=1S/C22H26N2O2/c25-22(24-13-10-17-5-1-2-7-19(17)16-24)9-12-23-15-21-20-8-4-3-6-18(20)11-14-26-21/h1-8,21,23H,9-16H2/t21-/m1/s1. The molecule has 26 heavy (non-hydrogen) atoms. The molecule has 0 aliphatic carbocycles. The van der Waals surface area contributed by atoms with Crippen LogP contribution in [0.2, 0.25) is 0 Å². The average Bonchev–Trinajstić information content (AvgIpc) is 2.70. The van der Waals surface area contributed by atoms with Crippen molar-refractivity contribution in [3.63, 3.8) is 0 Å². The fraction of sp³-hybridized carbons (Fsp3) is 0.409. The number of benzene rings is 2. The SMILES string of the molecule is O=C(CCNC[C@H]1OCCc2ccccc21)N1CCc2ccccc2C1. The van der Waals surface area contributed by atoms with Crippen molar-refractivity contribution >= 4 is 5.91 Å². The van der Waals surface area contributed by atoms with Crippen molar-refractivity contribution in [2.24, 2.45) is 0 Å². The van der Waals surface area contributed by atoms with Crippen LogP contribution in [0.5, 0.6) is 0 Å². The van der Waals surface area contributed by atoms with Gasteiger partial charge in [0.15, 0.2) is 0 Å². The Labute approximate surface area is 155 Å². The van der Waals surface area contributed by atoms with Gasteiger partial charge in [-0.05, 0) is 35.1 Å². The van der Waals surface area contributed by atoms with E-state index in [1.54, 1.807) is 0 Å². The van der Waals surface area contributed by atoms with Crippen LogP contribution < -0.4 is 5.32 Å². The van der Waals surface area contributed by atoms with Crippen LogP contribution in [0, 0.1) is 0 Å². The molecule has 0 radical (unpaired) electrons. The highest BCUT2D eigenvalue weighted by Crippen LogP contribution is 2.26. The van der Waals surface area contributed by atoms with Crippen LogP contribution in [-0.2, 0) is 28.9 Å². The molecule has 0 fully saturated rings. The highest BCUT2D eigenvalue weighted by Gasteiger charge is 2.21. The Balaban J connectivity index is 1.24. The maximum atomic E-state index is 12.5. The van der Waals surface area contributed by atoms with Crippen LogP contribution in [0.3, 0.4) is 0 Å². The predicted molar refractivity (Wildman–Crippen MR) is 102 cm³/mol. The van der Waals surface area contributed by atoms with E-state index in [-0.39, 0.29) is 12.0 Å². The zero-order valence-corrected chi connectivity index (χ0v) is 15.1. The van der Waals surface area contributed by atoms with Crippen molar-refractivity contribution in [3.8, 4) is 0 Å². The number of nitrogens with one attached hydrogen (secondary N) is 1. The molecule has 2 aliphatic rings. The zero-order valence-electron chi connectivity index (χ0n) is 15.1. The summed E-state index contributed by atoms with van der Waals surface area (Å²) >= 11 is 0. The van der Waals surface area contributed by atoms with E-state index in [9.17, 15) is 4.79 Å². The highest BCUT2D eigenvalue weighted by atomic mass is 16.5. The largest absolute Gasteiger partial charge is 0.372 e. The third-order valence-electron chi connectivity index (χ3n) is 5.42. The Bertz CT molecular complexity index is 774. The minimum atomic E-state index is 0.0944. The number of amides is 1. The van der Waals surface area contributed by atoms with Gasteiger partial charge in [0.05, 0.1) is 12.7 Å². The number of rotatable bonds is 5. The first kappa shape index (κ1) is 17.3. The maximum absolute atomic E-state index is 12.5. The molecule has 0 unspecified atom stereocenters. The van der Waals surface area contributed by atoms with Crippen LogP contribution in [0.4, 0.5) is 0 Å². The predicted octanol–water partition coefficient (Wildman–Crippen LogP) is 2.87. The third-order valence-corrected chi connectivity index (χ3v) is 5.42. The summed E-state index contributed by atoms with van der Waals surface area (Å²) in [6.07, 6.45) is 2.58. The molecule has 0 spiro atoms. The number of hydrogen-bond donors (Lipinski definition) is 1. The van der Waals surface area contributed by atoms with E-state index in [1.807, 2.05) is 4.90 Å². The van der Waals surface area contributed by atoms with Crippen molar-refractivity contribution in [1.82, 2.24) is 10.2 Å². The summed E-state index contributed by atoms with van der Waals surface area (Å²) in [4.78, 5) is 14.5. The molecule has 4 heteroatoms. The number of fused-ring (bicyclic) bond motifs is 2. The highest BCUT2D eigenvalue weighted by molar-refractivity contribution is 5.76. The number of nitrogens with zero attached hydrogens (tertiary/aromatic N) is 1. The zero-order chi connectivity index (χ0) is 17.8. The van der Waals surface area contributed by atoms with Crippen molar-refractivity contribution in [2.45, 2.75) is 31.9 Å². The van der Waals surface area contributed by atoms with E-state index in [4.69, 9.17) is 4.74 Å². The van der Waals surface area contributed by atoms with Crippen molar-refractivity contribution in [2.75, 3.05) is 26.2 Å². The summed E-state index contributed by atoms with van der Waals surface area (Å²) in [7, 11) is 0.